The molecule has 3 heterocycles. The van der Waals surface area contributed by atoms with E-state index in [4.69, 9.17) is 14.2 Å². The summed E-state index contributed by atoms with van der Waals surface area (Å²) in [7, 11) is 0.449. The van der Waals surface area contributed by atoms with E-state index in [1.54, 1.807) is 42.1 Å². The number of hydrogen-bond acceptors (Lipinski definition) is 10. The van der Waals surface area contributed by atoms with E-state index in [2.05, 4.69) is 24.9 Å². The topological polar surface area (TPSA) is 130 Å². The molecular formula is C24H28N6O5S2. The third-order valence-electron chi connectivity index (χ3n) is 5.71. The molecule has 0 aliphatic heterocycles. The van der Waals surface area contributed by atoms with Crippen molar-refractivity contribution in [1.29, 1.82) is 0 Å². The molecule has 0 amide bonds. The van der Waals surface area contributed by atoms with Crippen molar-refractivity contribution in [1.82, 2.24) is 24.7 Å². The number of benzene rings is 1. The minimum Gasteiger partial charge on any atom is -0.494 e. The molecule has 1 aromatic carbocycles. The second-order valence-electron chi connectivity index (χ2n) is 8.28. The van der Waals surface area contributed by atoms with Gasteiger partial charge in [0, 0.05) is 36.1 Å². The Labute approximate surface area is 219 Å². The van der Waals surface area contributed by atoms with Crippen molar-refractivity contribution < 1.29 is 22.6 Å². The zero-order chi connectivity index (χ0) is 26.7. The largest absolute Gasteiger partial charge is 0.494 e. The summed E-state index contributed by atoms with van der Waals surface area (Å²) in [5, 5.41) is 9.94. The normalized spacial score (nSPS) is 13.2. The average molecular weight is 545 g/mol. The molecule has 0 saturated carbocycles. The second-order valence-corrected chi connectivity index (χ2v) is 11.2. The van der Waals surface area contributed by atoms with Gasteiger partial charge in [-0.2, -0.15) is 0 Å². The summed E-state index contributed by atoms with van der Waals surface area (Å²) in [5.74, 6) is 1.17. The van der Waals surface area contributed by atoms with Crippen molar-refractivity contribution in [2.45, 2.75) is 32.1 Å². The highest BCUT2D eigenvalue weighted by molar-refractivity contribution is 7.93. The van der Waals surface area contributed by atoms with Crippen LogP contribution in [-0.4, -0.2) is 59.7 Å². The molecule has 0 bridgehead atoms. The van der Waals surface area contributed by atoms with Gasteiger partial charge in [-0.1, -0.05) is 6.07 Å². The quantitative estimate of drug-likeness (QED) is 0.315. The maximum atomic E-state index is 13.6. The maximum absolute atomic E-state index is 13.6. The number of ether oxygens (including phenoxy) is 3. The summed E-state index contributed by atoms with van der Waals surface area (Å²) < 4.78 is 48.1. The zero-order valence-electron chi connectivity index (χ0n) is 21.3. The molecule has 0 spiro atoms. The van der Waals surface area contributed by atoms with Gasteiger partial charge in [0.15, 0.2) is 5.82 Å². The molecule has 2 atom stereocenters. The van der Waals surface area contributed by atoms with Gasteiger partial charge in [-0.3, -0.25) is 14.3 Å². The Hall–Kier alpha value is -3.55. The smallest absolute Gasteiger partial charge is 0.243 e. The number of nitrogens with one attached hydrogen (secondary N) is 1. The Morgan fingerprint density at radius 3 is 2.32 bits per heavy atom. The molecule has 0 fully saturated rings. The molecule has 11 nitrogen and oxygen atoms in total. The van der Waals surface area contributed by atoms with Crippen LogP contribution in [0.5, 0.6) is 11.5 Å². The molecule has 0 unspecified atom stereocenters. The number of rotatable bonds is 10. The number of pyridine rings is 1. The van der Waals surface area contributed by atoms with E-state index in [-0.39, 0.29) is 5.95 Å². The Kier molecular flexibility index (Phi) is 7.76. The van der Waals surface area contributed by atoms with E-state index in [1.165, 1.54) is 32.7 Å². The van der Waals surface area contributed by atoms with Crippen molar-refractivity contribution >= 4 is 27.3 Å². The Bertz CT molecular complexity index is 1480. The van der Waals surface area contributed by atoms with E-state index in [9.17, 15) is 8.42 Å². The lowest BCUT2D eigenvalue weighted by molar-refractivity contribution is 0.102. The van der Waals surface area contributed by atoms with Crippen molar-refractivity contribution in [2.75, 3.05) is 26.1 Å². The maximum Gasteiger partial charge on any atom is 0.243 e. The van der Waals surface area contributed by atoms with Gasteiger partial charge < -0.3 is 14.2 Å². The number of nitrogens with zero attached hydrogens (tertiary/aromatic N) is 5. The lowest BCUT2D eigenvalue weighted by Crippen LogP contribution is -2.32. The van der Waals surface area contributed by atoms with Crippen molar-refractivity contribution in [2.24, 2.45) is 0 Å². The summed E-state index contributed by atoms with van der Waals surface area (Å²) in [6, 6.07) is 7.12. The second kappa shape index (κ2) is 10.8. The van der Waals surface area contributed by atoms with Crippen molar-refractivity contribution in [3.05, 3.63) is 58.3 Å². The van der Waals surface area contributed by atoms with E-state index in [0.717, 1.165) is 11.3 Å². The first-order valence-electron chi connectivity index (χ1n) is 11.3. The van der Waals surface area contributed by atoms with Crippen LogP contribution in [0.15, 0.2) is 42.0 Å². The van der Waals surface area contributed by atoms with Crippen LogP contribution in [0.1, 0.15) is 29.3 Å². The van der Waals surface area contributed by atoms with E-state index in [1.807, 2.05) is 25.3 Å². The highest BCUT2D eigenvalue weighted by atomic mass is 32.2. The van der Waals surface area contributed by atoms with Crippen molar-refractivity contribution in [3.8, 4) is 28.6 Å². The number of aromatic nitrogens is 5. The molecule has 4 aromatic rings. The number of methoxy groups -OCH3 is 3. The number of hydrogen-bond donors (Lipinski definition) is 1. The van der Waals surface area contributed by atoms with Crippen LogP contribution < -0.4 is 14.2 Å². The summed E-state index contributed by atoms with van der Waals surface area (Å²) >= 11 is 1.34. The van der Waals surface area contributed by atoms with Crippen LogP contribution in [0.4, 0.5) is 5.95 Å². The molecule has 0 aliphatic carbocycles. The molecule has 4 rings (SSSR count). The van der Waals surface area contributed by atoms with Gasteiger partial charge in [0.25, 0.3) is 0 Å². The number of para-hydroxylation sites is 1. The van der Waals surface area contributed by atoms with Crippen LogP contribution in [0, 0.1) is 13.8 Å². The van der Waals surface area contributed by atoms with Crippen LogP contribution in [0.2, 0.25) is 0 Å². The van der Waals surface area contributed by atoms with Gasteiger partial charge in [-0.15, -0.1) is 21.5 Å². The molecule has 1 N–H and O–H groups in total. The van der Waals surface area contributed by atoms with Crippen LogP contribution in [0.3, 0.4) is 0 Å². The fraction of sp³-hybridized carbons (Fsp3) is 0.333. The minimum atomic E-state index is -4.04. The van der Waals surface area contributed by atoms with E-state index < -0.39 is 21.4 Å². The van der Waals surface area contributed by atoms with Crippen LogP contribution >= 0.6 is 11.3 Å². The predicted molar refractivity (Wildman–Crippen MR) is 141 cm³/mol. The third kappa shape index (κ3) is 5.29. The van der Waals surface area contributed by atoms with E-state index in [0.29, 0.717) is 33.6 Å². The first kappa shape index (κ1) is 26.5. The lowest BCUT2D eigenvalue weighted by atomic mass is 10.2. The Morgan fingerprint density at radius 1 is 1.05 bits per heavy atom. The monoisotopic (exact) mass is 544 g/mol. The van der Waals surface area contributed by atoms with E-state index >= 15 is 0 Å². The summed E-state index contributed by atoms with van der Waals surface area (Å²) in [6.45, 7) is 5.30. The van der Waals surface area contributed by atoms with Crippen LogP contribution in [0.25, 0.3) is 17.1 Å². The third-order valence-corrected chi connectivity index (χ3v) is 8.42. The molecule has 0 radical (unpaired) electrons. The van der Waals surface area contributed by atoms with Crippen LogP contribution in [-0.2, 0) is 14.8 Å². The Balaban J connectivity index is 1.86. The van der Waals surface area contributed by atoms with Gasteiger partial charge in [0.2, 0.25) is 16.0 Å². The molecule has 196 valence electrons. The highest BCUT2D eigenvalue weighted by Gasteiger charge is 2.35. The molecule has 37 heavy (non-hydrogen) atoms. The number of thiazole rings is 1. The van der Waals surface area contributed by atoms with Gasteiger partial charge >= 0.3 is 0 Å². The fourth-order valence-electron chi connectivity index (χ4n) is 3.86. The zero-order valence-corrected chi connectivity index (χ0v) is 22.9. The number of sulfonamides is 1. The predicted octanol–water partition coefficient (Wildman–Crippen LogP) is 3.94. The SMILES string of the molecule is COc1cccc(OC)c1-n1c(NS(=O)(=O)[C@H](C)[C@@H](OC)c2nc(C)cs2)nnc1-c1cncc(C)c1. The Morgan fingerprint density at radius 2 is 1.76 bits per heavy atom. The first-order chi connectivity index (χ1) is 17.7. The average Bonchev–Trinajstić information content (AvgIpc) is 3.49. The fourth-order valence-corrected chi connectivity index (χ4v) is 6.06. The highest BCUT2D eigenvalue weighted by Crippen LogP contribution is 2.38. The van der Waals surface area contributed by atoms with Gasteiger partial charge in [-0.05, 0) is 44.5 Å². The van der Waals surface area contributed by atoms with Gasteiger partial charge in [0.05, 0.1) is 14.2 Å². The standard InChI is InChI=1S/C24H28N6O5S2/c1-14-10-17(12-25-11-14)22-27-28-24(30(22)20-18(33-4)8-7-9-19(20)34-5)29-37(31,32)16(3)21(35-6)23-26-15(2)13-36-23/h7-13,16,21H,1-6H3,(H,28,29)/t16-,21-/m1/s1. The molecular weight excluding hydrogens is 516 g/mol. The lowest BCUT2D eigenvalue weighted by Gasteiger charge is -2.22. The summed E-state index contributed by atoms with van der Waals surface area (Å²) in [4.78, 5) is 8.67. The molecule has 0 aliphatic rings. The number of aryl methyl sites for hydroxylation is 2. The molecule has 3 aromatic heterocycles. The molecule has 0 saturated heterocycles. The summed E-state index contributed by atoms with van der Waals surface area (Å²) in [5.41, 5.74) is 2.75. The molecule has 13 heteroatoms. The summed E-state index contributed by atoms with van der Waals surface area (Å²) in [6.07, 6.45) is 2.56. The minimum absolute atomic E-state index is 0.0451. The number of anilines is 1. The first-order valence-corrected chi connectivity index (χ1v) is 13.7. The van der Waals surface area contributed by atoms with Gasteiger partial charge in [0.1, 0.15) is 33.5 Å². The van der Waals surface area contributed by atoms with Crippen molar-refractivity contribution in [3.63, 3.8) is 0 Å². The van der Waals surface area contributed by atoms with Gasteiger partial charge in [-0.25, -0.2) is 13.4 Å².